The molecule has 0 aliphatic rings. The minimum Gasteiger partial charge on any atom is -0.397 e. The molecule has 0 amide bonds. The van der Waals surface area contributed by atoms with Crippen LogP contribution in [0, 0.1) is 18.3 Å². The number of aryl methyl sites for hydroxylation is 1. The third-order valence-corrected chi connectivity index (χ3v) is 3.91. The van der Waals surface area contributed by atoms with Gasteiger partial charge in [-0.25, -0.2) is 0 Å². The molecule has 0 bridgehead atoms. The zero-order valence-electron chi connectivity index (χ0n) is 11.1. The van der Waals surface area contributed by atoms with E-state index in [1.165, 1.54) is 9.75 Å². The Kier molecular flexibility index (Phi) is 4.08. The van der Waals surface area contributed by atoms with Crippen molar-refractivity contribution >= 4 is 22.7 Å². The molecular formula is C15H17N3S. The van der Waals surface area contributed by atoms with Crippen LogP contribution < -0.4 is 11.1 Å². The maximum atomic E-state index is 8.81. The van der Waals surface area contributed by atoms with Crippen LogP contribution in [0.25, 0.3) is 0 Å². The standard InChI is InChI=1S/C15H17N3S/c1-10(7-13-5-3-11(2)19-13)18-15-6-4-12(9-16)8-14(15)17/h3-6,8,10,18H,7,17H2,1-2H3. The fraction of sp³-hybridized carbons (Fsp3) is 0.267. The van der Waals surface area contributed by atoms with Crippen LogP contribution >= 0.6 is 11.3 Å². The van der Waals surface area contributed by atoms with Crippen LogP contribution in [0.1, 0.15) is 22.2 Å². The number of hydrogen-bond donors (Lipinski definition) is 2. The first-order valence-corrected chi connectivity index (χ1v) is 7.01. The summed E-state index contributed by atoms with van der Waals surface area (Å²) in [4.78, 5) is 2.70. The van der Waals surface area contributed by atoms with E-state index in [1.807, 2.05) is 17.4 Å². The molecule has 0 saturated heterocycles. The van der Waals surface area contributed by atoms with Gasteiger partial charge in [-0.3, -0.25) is 0 Å². The van der Waals surface area contributed by atoms with Crippen molar-refractivity contribution in [2.24, 2.45) is 0 Å². The highest BCUT2D eigenvalue weighted by Gasteiger charge is 2.07. The van der Waals surface area contributed by atoms with Gasteiger partial charge in [0.05, 0.1) is 23.0 Å². The Morgan fingerprint density at radius 3 is 2.74 bits per heavy atom. The molecule has 1 aromatic heterocycles. The van der Waals surface area contributed by atoms with Gasteiger partial charge in [-0.1, -0.05) is 0 Å². The van der Waals surface area contributed by atoms with Gasteiger partial charge in [0.25, 0.3) is 0 Å². The molecule has 4 heteroatoms. The van der Waals surface area contributed by atoms with Crippen molar-refractivity contribution in [3.63, 3.8) is 0 Å². The van der Waals surface area contributed by atoms with Crippen molar-refractivity contribution in [2.45, 2.75) is 26.3 Å². The minimum absolute atomic E-state index is 0.299. The number of nitrogens with zero attached hydrogens (tertiary/aromatic N) is 1. The van der Waals surface area contributed by atoms with Gasteiger partial charge in [-0.2, -0.15) is 5.26 Å². The van der Waals surface area contributed by atoms with Crippen molar-refractivity contribution < 1.29 is 0 Å². The van der Waals surface area contributed by atoms with E-state index < -0.39 is 0 Å². The Bertz CT molecular complexity index is 610. The first-order chi connectivity index (χ1) is 9.08. The first kappa shape index (κ1) is 13.4. The van der Waals surface area contributed by atoms with Crippen LogP contribution in [0.5, 0.6) is 0 Å². The van der Waals surface area contributed by atoms with Gasteiger partial charge in [0, 0.05) is 22.2 Å². The molecule has 0 spiro atoms. The smallest absolute Gasteiger partial charge is 0.0992 e. The van der Waals surface area contributed by atoms with E-state index in [4.69, 9.17) is 11.0 Å². The Morgan fingerprint density at radius 1 is 1.37 bits per heavy atom. The third kappa shape index (κ3) is 3.49. The molecule has 19 heavy (non-hydrogen) atoms. The van der Waals surface area contributed by atoms with E-state index >= 15 is 0 Å². The predicted molar refractivity (Wildman–Crippen MR) is 81.4 cm³/mol. The Hall–Kier alpha value is -1.99. The highest BCUT2D eigenvalue weighted by molar-refractivity contribution is 7.11. The summed E-state index contributed by atoms with van der Waals surface area (Å²) in [6, 6.07) is 12.0. The number of hydrogen-bond acceptors (Lipinski definition) is 4. The first-order valence-electron chi connectivity index (χ1n) is 6.20. The van der Waals surface area contributed by atoms with Gasteiger partial charge >= 0.3 is 0 Å². The van der Waals surface area contributed by atoms with E-state index in [0.29, 0.717) is 17.3 Å². The SMILES string of the molecule is Cc1ccc(CC(C)Nc2ccc(C#N)cc2N)s1. The average molecular weight is 271 g/mol. The lowest BCUT2D eigenvalue weighted by atomic mass is 10.1. The Labute approximate surface area is 117 Å². The molecule has 0 aliphatic carbocycles. The minimum atomic E-state index is 0.299. The molecule has 3 N–H and O–H groups in total. The van der Waals surface area contributed by atoms with Crippen molar-refractivity contribution in [1.82, 2.24) is 0 Å². The van der Waals surface area contributed by atoms with Gasteiger partial charge < -0.3 is 11.1 Å². The van der Waals surface area contributed by atoms with Gasteiger partial charge in [-0.15, -0.1) is 11.3 Å². The predicted octanol–water partition coefficient (Wildman–Crippen LogP) is 3.55. The van der Waals surface area contributed by atoms with E-state index in [-0.39, 0.29) is 0 Å². The van der Waals surface area contributed by atoms with E-state index in [0.717, 1.165) is 12.1 Å². The lowest BCUT2D eigenvalue weighted by molar-refractivity contribution is 0.801. The van der Waals surface area contributed by atoms with Gasteiger partial charge in [0.2, 0.25) is 0 Å². The summed E-state index contributed by atoms with van der Waals surface area (Å²) < 4.78 is 0. The second-order valence-electron chi connectivity index (χ2n) is 4.68. The van der Waals surface area contributed by atoms with Crippen LogP contribution in [-0.2, 0) is 6.42 Å². The quantitative estimate of drug-likeness (QED) is 0.836. The van der Waals surface area contributed by atoms with Gasteiger partial charge in [0.1, 0.15) is 0 Å². The molecule has 1 heterocycles. The summed E-state index contributed by atoms with van der Waals surface area (Å²) >= 11 is 1.82. The molecule has 2 rings (SSSR count). The fourth-order valence-electron chi connectivity index (χ4n) is 1.98. The normalized spacial score (nSPS) is 11.8. The second kappa shape index (κ2) is 5.77. The van der Waals surface area contributed by atoms with E-state index in [2.05, 4.69) is 37.4 Å². The number of rotatable bonds is 4. The fourth-order valence-corrected chi connectivity index (χ4v) is 3.00. The summed E-state index contributed by atoms with van der Waals surface area (Å²) in [5.74, 6) is 0. The number of nitrogens with two attached hydrogens (primary N) is 1. The van der Waals surface area contributed by atoms with Crippen molar-refractivity contribution in [2.75, 3.05) is 11.1 Å². The van der Waals surface area contributed by atoms with E-state index in [9.17, 15) is 0 Å². The number of nitriles is 1. The Balaban J connectivity index is 2.03. The molecule has 98 valence electrons. The number of benzene rings is 1. The molecule has 0 saturated carbocycles. The van der Waals surface area contributed by atoms with Crippen LogP contribution in [0.2, 0.25) is 0 Å². The summed E-state index contributed by atoms with van der Waals surface area (Å²) in [6.07, 6.45) is 0.970. The van der Waals surface area contributed by atoms with Crippen LogP contribution in [0.15, 0.2) is 30.3 Å². The zero-order valence-corrected chi connectivity index (χ0v) is 11.9. The number of nitrogens with one attached hydrogen (secondary N) is 1. The summed E-state index contributed by atoms with van der Waals surface area (Å²) in [7, 11) is 0. The van der Waals surface area contributed by atoms with Crippen LogP contribution in [-0.4, -0.2) is 6.04 Å². The average Bonchev–Trinajstić information content (AvgIpc) is 2.77. The van der Waals surface area contributed by atoms with Gasteiger partial charge in [-0.05, 0) is 44.2 Å². The molecule has 1 aromatic carbocycles. The Morgan fingerprint density at radius 2 is 2.16 bits per heavy atom. The molecule has 2 aromatic rings. The lowest BCUT2D eigenvalue weighted by Gasteiger charge is -2.16. The highest BCUT2D eigenvalue weighted by Crippen LogP contribution is 2.22. The topological polar surface area (TPSA) is 61.8 Å². The number of thiophene rings is 1. The molecule has 0 radical (unpaired) electrons. The van der Waals surface area contributed by atoms with Crippen molar-refractivity contribution in [1.29, 1.82) is 5.26 Å². The maximum Gasteiger partial charge on any atom is 0.0992 e. The molecule has 1 atom stereocenters. The van der Waals surface area contributed by atoms with Crippen LogP contribution in [0.3, 0.4) is 0 Å². The monoisotopic (exact) mass is 271 g/mol. The molecule has 1 unspecified atom stereocenters. The van der Waals surface area contributed by atoms with Gasteiger partial charge in [0.15, 0.2) is 0 Å². The zero-order chi connectivity index (χ0) is 13.8. The molecule has 0 aliphatic heterocycles. The second-order valence-corrected chi connectivity index (χ2v) is 6.05. The maximum absolute atomic E-state index is 8.81. The van der Waals surface area contributed by atoms with Crippen molar-refractivity contribution in [3.8, 4) is 6.07 Å². The number of nitrogen functional groups attached to an aromatic ring is 1. The molecular weight excluding hydrogens is 254 g/mol. The summed E-state index contributed by atoms with van der Waals surface area (Å²) in [5.41, 5.74) is 8.03. The van der Waals surface area contributed by atoms with Crippen LogP contribution in [0.4, 0.5) is 11.4 Å². The van der Waals surface area contributed by atoms with Crippen molar-refractivity contribution in [3.05, 3.63) is 45.6 Å². The van der Waals surface area contributed by atoms with E-state index in [1.54, 1.807) is 12.1 Å². The lowest BCUT2D eigenvalue weighted by Crippen LogP contribution is -2.18. The number of anilines is 2. The highest BCUT2D eigenvalue weighted by atomic mass is 32.1. The molecule has 0 fully saturated rings. The summed E-state index contributed by atoms with van der Waals surface area (Å²) in [6.45, 7) is 4.25. The molecule has 3 nitrogen and oxygen atoms in total. The largest absolute Gasteiger partial charge is 0.397 e. The summed E-state index contributed by atoms with van der Waals surface area (Å²) in [5, 5.41) is 12.2. The third-order valence-electron chi connectivity index (χ3n) is 2.89.